The van der Waals surface area contributed by atoms with Crippen molar-refractivity contribution in [2.24, 2.45) is 28.6 Å². The van der Waals surface area contributed by atoms with Crippen molar-refractivity contribution in [2.45, 2.75) is 129 Å². The summed E-state index contributed by atoms with van der Waals surface area (Å²) in [5.41, 5.74) is 3.79. The van der Waals surface area contributed by atoms with Crippen LogP contribution in [0.2, 0.25) is 0 Å². The van der Waals surface area contributed by atoms with E-state index in [1.807, 2.05) is 6.08 Å². The Morgan fingerprint density at radius 2 is 1.86 bits per heavy atom. The van der Waals surface area contributed by atoms with E-state index in [-0.39, 0.29) is 17.3 Å². The van der Waals surface area contributed by atoms with Crippen molar-refractivity contribution >= 4 is 5.78 Å². The zero-order valence-corrected chi connectivity index (χ0v) is 23.8. The zero-order chi connectivity index (χ0) is 26.6. The summed E-state index contributed by atoms with van der Waals surface area (Å²) >= 11 is 0. The lowest BCUT2D eigenvalue weighted by Gasteiger charge is -2.44. The van der Waals surface area contributed by atoms with Gasteiger partial charge in [0, 0.05) is 6.42 Å². The lowest BCUT2D eigenvalue weighted by molar-refractivity contribution is -0.127. The third-order valence-corrected chi connectivity index (χ3v) is 10.6. The number of hydrogen-bond acceptors (Lipinski definition) is 3. The quantitative estimate of drug-likeness (QED) is 0.219. The Balaban J connectivity index is 1.39. The molecule has 0 amide bonds. The van der Waals surface area contributed by atoms with Crippen molar-refractivity contribution in [3.63, 3.8) is 0 Å². The third-order valence-electron chi connectivity index (χ3n) is 10.6. The highest BCUT2D eigenvalue weighted by atomic mass is 16.3. The van der Waals surface area contributed by atoms with Crippen LogP contribution < -0.4 is 0 Å². The first-order chi connectivity index (χ1) is 17.7. The van der Waals surface area contributed by atoms with E-state index in [1.54, 1.807) is 5.57 Å². The van der Waals surface area contributed by atoms with Crippen molar-refractivity contribution in [2.75, 3.05) is 0 Å². The molecule has 4 aliphatic rings. The summed E-state index contributed by atoms with van der Waals surface area (Å²) in [6.07, 6.45) is 23.4. The molecular formula is C34H52O3. The third kappa shape index (κ3) is 6.25. The minimum atomic E-state index is -0.633. The van der Waals surface area contributed by atoms with Gasteiger partial charge in [-0.05, 0) is 99.4 Å². The number of Topliss-reactive ketones (excluding diaryl/α,β-unsaturated/α-hetero) is 1. The number of carbonyl (C=O) groups is 1. The number of aliphatic hydroxyl groups excluding tert-OH is 2. The van der Waals surface area contributed by atoms with Crippen molar-refractivity contribution in [1.29, 1.82) is 0 Å². The minimum Gasteiger partial charge on any atom is -0.393 e. The number of hydrogen-bond donors (Lipinski definition) is 2. The Hall–Kier alpha value is -1.45. The fraction of sp³-hybridized carbons (Fsp3) is 0.735. The van der Waals surface area contributed by atoms with E-state index in [4.69, 9.17) is 0 Å². The first-order valence-corrected chi connectivity index (χ1v) is 15.4. The van der Waals surface area contributed by atoms with Gasteiger partial charge in [0.25, 0.3) is 0 Å². The van der Waals surface area contributed by atoms with Gasteiger partial charge >= 0.3 is 0 Å². The van der Waals surface area contributed by atoms with E-state index < -0.39 is 11.5 Å². The van der Waals surface area contributed by atoms with Gasteiger partial charge in [-0.2, -0.15) is 0 Å². The van der Waals surface area contributed by atoms with Gasteiger partial charge in [-0.25, -0.2) is 0 Å². The van der Waals surface area contributed by atoms with Gasteiger partial charge in [0.2, 0.25) is 0 Å². The number of allylic oxidation sites excluding steroid dienone is 5. The molecule has 0 aromatic rings. The summed E-state index contributed by atoms with van der Waals surface area (Å²) in [7, 11) is 0. The maximum Gasteiger partial charge on any atom is 0.141 e. The lowest BCUT2D eigenvalue weighted by Crippen LogP contribution is -2.35. The van der Waals surface area contributed by atoms with Gasteiger partial charge in [-0.3, -0.25) is 4.79 Å². The topological polar surface area (TPSA) is 57.5 Å². The molecule has 4 rings (SSSR count). The van der Waals surface area contributed by atoms with Crippen molar-refractivity contribution < 1.29 is 15.0 Å². The monoisotopic (exact) mass is 508 g/mol. The maximum absolute atomic E-state index is 12.9. The summed E-state index contributed by atoms with van der Waals surface area (Å²) in [6.45, 7) is 11.3. The number of aliphatic hydroxyl groups is 2. The van der Waals surface area contributed by atoms with E-state index in [9.17, 15) is 15.0 Å². The molecule has 0 aromatic carbocycles. The number of ketones is 1. The van der Waals surface area contributed by atoms with Crippen LogP contribution in [0.25, 0.3) is 0 Å². The Kier molecular flexibility index (Phi) is 9.39. The van der Waals surface area contributed by atoms with Gasteiger partial charge < -0.3 is 10.2 Å². The Morgan fingerprint density at radius 3 is 2.59 bits per heavy atom. The molecule has 0 aromatic heterocycles. The second-order valence-corrected chi connectivity index (χ2v) is 13.1. The molecule has 0 spiro atoms. The first kappa shape index (κ1) is 28.6. The van der Waals surface area contributed by atoms with E-state index >= 15 is 0 Å². The summed E-state index contributed by atoms with van der Waals surface area (Å²) in [6, 6.07) is 0. The molecule has 0 saturated heterocycles. The zero-order valence-electron chi connectivity index (χ0n) is 23.8. The van der Waals surface area contributed by atoms with Crippen LogP contribution in [0, 0.1) is 28.6 Å². The smallest absolute Gasteiger partial charge is 0.141 e. The van der Waals surface area contributed by atoms with Gasteiger partial charge in [0.05, 0.1) is 17.6 Å². The van der Waals surface area contributed by atoms with Crippen LogP contribution in [0.3, 0.4) is 0 Å². The van der Waals surface area contributed by atoms with Crippen LogP contribution in [0.1, 0.15) is 117 Å². The molecule has 2 N–H and O–H groups in total. The molecule has 206 valence electrons. The number of fused-ring (bicyclic) bond motifs is 1. The van der Waals surface area contributed by atoms with Crippen LogP contribution in [-0.4, -0.2) is 28.2 Å². The average molecular weight is 509 g/mol. The van der Waals surface area contributed by atoms with Crippen LogP contribution >= 0.6 is 0 Å². The highest BCUT2D eigenvalue weighted by Gasteiger charge is 2.54. The predicted molar refractivity (Wildman–Crippen MR) is 153 cm³/mol. The van der Waals surface area contributed by atoms with Crippen LogP contribution in [0.5, 0.6) is 0 Å². The summed E-state index contributed by atoms with van der Waals surface area (Å²) < 4.78 is 0. The van der Waals surface area contributed by atoms with Crippen LogP contribution in [-0.2, 0) is 4.79 Å². The molecule has 3 nitrogen and oxygen atoms in total. The molecule has 6 atom stereocenters. The van der Waals surface area contributed by atoms with Crippen LogP contribution in [0.15, 0.2) is 47.6 Å². The molecule has 37 heavy (non-hydrogen) atoms. The highest BCUT2D eigenvalue weighted by Crippen LogP contribution is 2.60. The largest absolute Gasteiger partial charge is 0.393 e. The highest BCUT2D eigenvalue weighted by molar-refractivity contribution is 5.88. The normalized spacial score (nSPS) is 35.2. The molecule has 0 aliphatic heterocycles. The summed E-state index contributed by atoms with van der Waals surface area (Å²) in [5.74, 6) is 1.89. The SMILES string of the molecule is C=C1CC[C@H](O)C/C1=C/C=C1\CCC[C@]2(C)[C@@H]([C@H](C)/C=C/[C@H](O)C3(C(=O)CCCCCC)CC3)CC[C@@H]12. The second kappa shape index (κ2) is 12.2. The standard InChI is InChI=1S/C34H52O3/c1-5-6-7-8-11-31(36)34(21-22-34)32(37)19-13-25(3)29-17-18-30-26(10-9-20-33(29,30)4)14-15-27-23-28(35)16-12-24(27)2/h13-15,19,25,28-30,32,35,37H,2,5-12,16-18,20-23H2,1,3-4H3/b19-13+,26-14+,27-15-/t25-,28+,29-,30+,32+,33-/m1/s1. The Morgan fingerprint density at radius 1 is 1.08 bits per heavy atom. The average Bonchev–Trinajstić information content (AvgIpc) is 3.62. The van der Waals surface area contributed by atoms with Crippen molar-refractivity contribution in [1.82, 2.24) is 0 Å². The fourth-order valence-electron chi connectivity index (χ4n) is 7.97. The van der Waals surface area contributed by atoms with E-state index in [0.29, 0.717) is 24.2 Å². The number of carbonyl (C=O) groups excluding carboxylic acids is 1. The van der Waals surface area contributed by atoms with Crippen LogP contribution in [0.4, 0.5) is 0 Å². The predicted octanol–water partition coefficient (Wildman–Crippen LogP) is 8.03. The summed E-state index contributed by atoms with van der Waals surface area (Å²) in [5, 5.41) is 21.1. The maximum atomic E-state index is 12.9. The molecular weight excluding hydrogens is 456 g/mol. The van der Waals surface area contributed by atoms with Gasteiger partial charge in [-0.1, -0.05) is 82.1 Å². The van der Waals surface area contributed by atoms with Gasteiger partial charge in [-0.15, -0.1) is 0 Å². The van der Waals surface area contributed by atoms with E-state index in [2.05, 4.69) is 45.6 Å². The molecule has 3 heteroatoms. The van der Waals surface area contributed by atoms with Gasteiger partial charge in [0.15, 0.2) is 0 Å². The van der Waals surface area contributed by atoms with E-state index in [1.165, 1.54) is 56.1 Å². The Bertz CT molecular complexity index is 919. The molecule has 0 heterocycles. The van der Waals surface area contributed by atoms with Crippen molar-refractivity contribution in [3.8, 4) is 0 Å². The molecule has 0 radical (unpaired) electrons. The Labute approximate surface area is 226 Å². The van der Waals surface area contributed by atoms with Gasteiger partial charge in [0.1, 0.15) is 5.78 Å². The van der Waals surface area contributed by atoms with Crippen molar-refractivity contribution in [3.05, 3.63) is 47.6 Å². The second-order valence-electron chi connectivity index (χ2n) is 13.1. The molecule has 4 fully saturated rings. The molecule has 4 aliphatic carbocycles. The lowest BCUT2D eigenvalue weighted by atomic mass is 9.61. The molecule has 0 unspecified atom stereocenters. The molecule has 0 bridgehead atoms. The molecule has 4 saturated carbocycles. The summed E-state index contributed by atoms with van der Waals surface area (Å²) in [4.78, 5) is 12.9. The fourth-order valence-corrected chi connectivity index (χ4v) is 7.97. The number of unbranched alkanes of at least 4 members (excludes halogenated alkanes) is 3. The first-order valence-electron chi connectivity index (χ1n) is 15.4. The number of rotatable bonds is 11. The van der Waals surface area contributed by atoms with E-state index in [0.717, 1.165) is 44.9 Å². The minimum absolute atomic E-state index is 0.225.